The molecular weight excluding hydrogens is 528 g/mol. The van der Waals surface area contributed by atoms with E-state index in [2.05, 4.69) is 18.7 Å². The van der Waals surface area contributed by atoms with Crippen LogP contribution in [0.2, 0.25) is 0 Å². The highest BCUT2D eigenvalue weighted by atomic mass is 16.5. The average Bonchev–Trinajstić information content (AvgIpc) is 2.92. The lowest BCUT2D eigenvalue weighted by atomic mass is 9.82. The molecule has 1 N–H and O–H groups in total. The Balaban J connectivity index is 1.69. The Morgan fingerprint density at radius 1 is 0.976 bits per heavy atom. The van der Waals surface area contributed by atoms with E-state index in [0.717, 1.165) is 66.4 Å². The van der Waals surface area contributed by atoms with Crippen molar-refractivity contribution in [1.29, 1.82) is 0 Å². The first-order valence-corrected chi connectivity index (χ1v) is 14.8. The number of aryl methyl sites for hydroxylation is 2. The molecule has 7 nitrogen and oxygen atoms in total. The minimum absolute atomic E-state index is 0.243. The molecule has 1 atom stereocenters. The zero-order chi connectivity index (χ0) is 30.7. The molecule has 1 aliphatic heterocycles. The van der Waals surface area contributed by atoms with E-state index in [9.17, 15) is 9.90 Å². The molecule has 0 spiro atoms. The largest absolute Gasteiger partial charge is 0.497 e. The van der Waals surface area contributed by atoms with Crippen molar-refractivity contribution in [1.82, 2.24) is 4.98 Å². The summed E-state index contributed by atoms with van der Waals surface area (Å²) in [5.74, 6) is 0.612. The molecule has 2 aromatic carbocycles. The predicted octanol–water partition coefficient (Wildman–Crippen LogP) is 7.56. The third-order valence-electron chi connectivity index (χ3n) is 7.93. The summed E-state index contributed by atoms with van der Waals surface area (Å²) in [5.41, 5.74) is 5.81. The number of carboxylic acid groups (broad SMARTS) is 1. The first kappa shape index (κ1) is 31.4. The van der Waals surface area contributed by atoms with Gasteiger partial charge in [0.25, 0.3) is 0 Å². The van der Waals surface area contributed by atoms with Crippen LogP contribution in [0.4, 0.5) is 5.69 Å². The van der Waals surface area contributed by atoms with E-state index in [0.29, 0.717) is 17.9 Å². The second kappa shape index (κ2) is 12.7. The van der Waals surface area contributed by atoms with Crippen molar-refractivity contribution in [2.75, 3.05) is 31.7 Å². The highest BCUT2D eigenvalue weighted by Crippen LogP contribution is 2.45. The van der Waals surface area contributed by atoms with E-state index < -0.39 is 17.7 Å². The Bertz CT molecular complexity index is 1360. The van der Waals surface area contributed by atoms with Gasteiger partial charge in [0, 0.05) is 42.0 Å². The molecule has 0 aliphatic carbocycles. The van der Waals surface area contributed by atoms with Crippen molar-refractivity contribution in [3.05, 3.63) is 71.0 Å². The van der Waals surface area contributed by atoms with E-state index in [4.69, 9.17) is 19.2 Å². The number of aromatic nitrogens is 1. The van der Waals surface area contributed by atoms with E-state index in [1.807, 2.05) is 83.1 Å². The monoisotopic (exact) mass is 574 g/mol. The molecule has 2 heterocycles. The van der Waals surface area contributed by atoms with Crippen LogP contribution in [0.1, 0.15) is 76.1 Å². The Labute approximate surface area is 250 Å². The lowest BCUT2D eigenvalue weighted by Gasteiger charge is -2.41. The third-order valence-corrected chi connectivity index (χ3v) is 7.93. The number of rotatable bonds is 10. The molecule has 1 fully saturated rings. The van der Waals surface area contributed by atoms with Gasteiger partial charge in [0.15, 0.2) is 6.10 Å². The molecule has 1 aliphatic rings. The smallest absolute Gasteiger partial charge is 0.337 e. The van der Waals surface area contributed by atoms with Gasteiger partial charge in [-0.15, -0.1) is 0 Å². The van der Waals surface area contributed by atoms with Crippen molar-refractivity contribution in [3.8, 4) is 22.6 Å². The number of hydrogen-bond acceptors (Lipinski definition) is 6. The normalized spacial score (nSPS) is 15.8. The highest BCUT2D eigenvalue weighted by molar-refractivity contribution is 5.88. The van der Waals surface area contributed by atoms with Crippen molar-refractivity contribution < 1.29 is 24.1 Å². The minimum atomic E-state index is -1.14. The van der Waals surface area contributed by atoms with Gasteiger partial charge in [-0.05, 0) is 88.3 Å². The molecule has 3 aromatic rings. The van der Waals surface area contributed by atoms with Crippen LogP contribution in [0, 0.1) is 19.3 Å². The summed E-state index contributed by atoms with van der Waals surface area (Å²) < 4.78 is 17.5. The van der Waals surface area contributed by atoms with Gasteiger partial charge < -0.3 is 24.2 Å². The molecule has 0 amide bonds. The number of pyridine rings is 1. The number of anilines is 1. The van der Waals surface area contributed by atoms with Gasteiger partial charge in [0.1, 0.15) is 11.5 Å². The number of nitrogens with zero attached hydrogens (tertiary/aromatic N) is 2. The maximum absolute atomic E-state index is 12.7. The zero-order valence-corrected chi connectivity index (χ0v) is 26.4. The van der Waals surface area contributed by atoms with Crippen molar-refractivity contribution in [3.63, 3.8) is 0 Å². The summed E-state index contributed by atoms with van der Waals surface area (Å²) in [6.45, 7) is 16.4. The number of methoxy groups -OCH3 is 1. The third kappa shape index (κ3) is 7.62. The molecule has 4 rings (SSSR count). The molecule has 1 aromatic heterocycles. The second-order valence-electron chi connectivity index (χ2n) is 13.0. The summed E-state index contributed by atoms with van der Waals surface area (Å²) in [7, 11) is 1.66. The van der Waals surface area contributed by atoms with Gasteiger partial charge in [-0.1, -0.05) is 38.1 Å². The van der Waals surface area contributed by atoms with Crippen molar-refractivity contribution in [2.24, 2.45) is 5.41 Å². The summed E-state index contributed by atoms with van der Waals surface area (Å²) in [5, 5.41) is 10.4. The van der Waals surface area contributed by atoms with Gasteiger partial charge in [0.2, 0.25) is 0 Å². The molecule has 0 radical (unpaired) electrons. The number of benzene rings is 2. The Morgan fingerprint density at radius 2 is 1.57 bits per heavy atom. The van der Waals surface area contributed by atoms with Crippen molar-refractivity contribution in [2.45, 2.75) is 79.4 Å². The molecule has 0 saturated carbocycles. The van der Waals surface area contributed by atoms with Gasteiger partial charge in [0.05, 0.1) is 25.0 Å². The predicted molar refractivity (Wildman–Crippen MR) is 168 cm³/mol. The number of aliphatic carboxylic acids is 1. The number of ether oxygens (including phenoxy) is 3. The van der Waals surface area contributed by atoms with E-state index in [-0.39, 0.29) is 5.41 Å². The van der Waals surface area contributed by atoms with Crippen molar-refractivity contribution >= 4 is 11.7 Å². The van der Waals surface area contributed by atoms with E-state index in [1.54, 1.807) is 7.11 Å². The van der Waals surface area contributed by atoms with Crippen LogP contribution < -0.4 is 14.4 Å². The zero-order valence-electron chi connectivity index (χ0n) is 26.4. The number of hydrogen-bond donors (Lipinski definition) is 1. The van der Waals surface area contributed by atoms with Crippen LogP contribution in [-0.2, 0) is 16.0 Å². The molecular formula is C35H46N2O5. The number of carboxylic acids is 1. The van der Waals surface area contributed by atoms with Gasteiger partial charge in [-0.3, -0.25) is 4.98 Å². The van der Waals surface area contributed by atoms with Gasteiger partial charge >= 0.3 is 5.97 Å². The standard InChI is InChI=1S/C35H46N2O5/c1-23-29(26-11-15-28(16-12-26)41-22-17-25-9-13-27(40-8)14-10-25)31(37-20-18-35(6,7)19-21-37)30(24(2)36-23)32(33(38)39)42-34(3,4)5/h9-16,32H,17-22H2,1-8H3,(H,38,39). The summed E-state index contributed by atoms with van der Waals surface area (Å²) in [6, 6.07) is 16.1. The van der Waals surface area contributed by atoms with E-state index in [1.165, 1.54) is 5.56 Å². The van der Waals surface area contributed by atoms with E-state index >= 15 is 0 Å². The lowest BCUT2D eigenvalue weighted by Crippen LogP contribution is -2.39. The summed E-state index contributed by atoms with van der Waals surface area (Å²) in [6.07, 6.45) is 1.69. The summed E-state index contributed by atoms with van der Waals surface area (Å²) in [4.78, 5) is 19.9. The number of carbonyl (C=O) groups is 1. The van der Waals surface area contributed by atoms with Gasteiger partial charge in [-0.2, -0.15) is 0 Å². The van der Waals surface area contributed by atoms with Crippen LogP contribution in [0.15, 0.2) is 48.5 Å². The Morgan fingerprint density at radius 3 is 2.12 bits per heavy atom. The number of piperidine rings is 1. The first-order valence-electron chi connectivity index (χ1n) is 14.8. The minimum Gasteiger partial charge on any atom is -0.497 e. The van der Waals surface area contributed by atoms with Crippen LogP contribution >= 0.6 is 0 Å². The molecule has 0 bridgehead atoms. The molecule has 1 saturated heterocycles. The maximum atomic E-state index is 12.7. The summed E-state index contributed by atoms with van der Waals surface area (Å²) >= 11 is 0. The Hall–Kier alpha value is -3.58. The second-order valence-corrected chi connectivity index (χ2v) is 13.0. The molecule has 1 unspecified atom stereocenters. The lowest BCUT2D eigenvalue weighted by molar-refractivity contribution is -0.160. The fourth-order valence-corrected chi connectivity index (χ4v) is 5.55. The van der Waals surface area contributed by atoms with Gasteiger partial charge in [-0.25, -0.2) is 4.79 Å². The highest BCUT2D eigenvalue weighted by Gasteiger charge is 2.36. The fraction of sp³-hybridized carbons (Fsp3) is 0.486. The maximum Gasteiger partial charge on any atom is 0.337 e. The molecule has 7 heteroatoms. The average molecular weight is 575 g/mol. The SMILES string of the molecule is COc1ccc(CCOc2ccc(-c3c(C)nc(C)c(C(OC(C)(C)C)C(=O)O)c3N3CCC(C)(C)CC3)cc2)cc1. The van der Waals surface area contributed by atoms with Crippen LogP contribution in [0.3, 0.4) is 0 Å². The Kier molecular flexibility index (Phi) is 9.51. The fourth-order valence-electron chi connectivity index (χ4n) is 5.55. The van der Waals surface area contributed by atoms with Crippen LogP contribution in [0.25, 0.3) is 11.1 Å². The first-order chi connectivity index (χ1) is 19.8. The molecule has 226 valence electrons. The topological polar surface area (TPSA) is 81.1 Å². The quantitative estimate of drug-likeness (QED) is 0.268. The van der Waals surface area contributed by atoms with Crippen LogP contribution in [-0.4, -0.2) is 48.5 Å². The molecule has 42 heavy (non-hydrogen) atoms. The van der Waals surface area contributed by atoms with Crippen LogP contribution in [0.5, 0.6) is 11.5 Å².